The highest BCUT2D eigenvalue weighted by Gasteiger charge is 2.16. The smallest absolute Gasteiger partial charge is 0.313 e. The fraction of sp³-hybridized carbons (Fsp3) is 0.188. The molecule has 0 spiro atoms. The van der Waals surface area contributed by atoms with Crippen molar-refractivity contribution < 1.29 is 18.7 Å². The molecule has 1 heterocycles. The first-order valence-electron chi connectivity index (χ1n) is 7.12. The van der Waals surface area contributed by atoms with Crippen molar-refractivity contribution in [2.24, 2.45) is 0 Å². The first-order chi connectivity index (χ1) is 11.5. The van der Waals surface area contributed by atoms with Gasteiger partial charge >= 0.3 is 11.8 Å². The molecule has 126 valence electrons. The average molecular weight is 352 g/mol. The van der Waals surface area contributed by atoms with Gasteiger partial charge in [0.15, 0.2) is 0 Å². The van der Waals surface area contributed by atoms with E-state index in [1.807, 2.05) is 6.92 Å². The number of halogens is 2. The molecule has 0 radical (unpaired) electrons. The van der Waals surface area contributed by atoms with E-state index in [1.165, 1.54) is 12.1 Å². The monoisotopic (exact) mass is 351 g/mol. The zero-order valence-corrected chi connectivity index (χ0v) is 13.6. The third-order valence-corrected chi connectivity index (χ3v) is 3.19. The van der Waals surface area contributed by atoms with Crippen molar-refractivity contribution in [3.63, 3.8) is 0 Å². The second-order valence-electron chi connectivity index (χ2n) is 4.66. The summed E-state index contributed by atoms with van der Waals surface area (Å²) in [5.74, 6) is -2.24. The lowest BCUT2D eigenvalue weighted by atomic mass is 10.2. The molecule has 1 aromatic carbocycles. The molecular formula is C16H15ClFN3O3. The molecule has 0 aliphatic heterocycles. The number of benzene rings is 1. The van der Waals surface area contributed by atoms with Crippen molar-refractivity contribution in [3.8, 4) is 5.88 Å². The summed E-state index contributed by atoms with van der Waals surface area (Å²) in [5, 5.41) is 4.80. The van der Waals surface area contributed by atoms with E-state index in [0.29, 0.717) is 18.1 Å². The summed E-state index contributed by atoms with van der Waals surface area (Å²) in [6, 6.07) is 7.13. The summed E-state index contributed by atoms with van der Waals surface area (Å²) in [7, 11) is 0. The third-order valence-electron chi connectivity index (χ3n) is 2.96. The molecule has 0 aliphatic rings. The van der Waals surface area contributed by atoms with Gasteiger partial charge in [-0.05, 0) is 31.2 Å². The van der Waals surface area contributed by atoms with E-state index in [9.17, 15) is 14.0 Å². The van der Waals surface area contributed by atoms with Gasteiger partial charge in [0.25, 0.3) is 0 Å². The number of hydrogen-bond donors (Lipinski definition) is 2. The lowest BCUT2D eigenvalue weighted by Crippen LogP contribution is -2.35. The average Bonchev–Trinajstić information content (AvgIpc) is 2.56. The standard InChI is InChI=1S/C16H15ClFN3O3/c1-2-24-16-10(4-3-7-19-16)9-20-14(22)15(23)21-13-6-5-11(17)8-12(13)18/h3-8H,2,9H2,1H3,(H,20,22)(H,21,23). The number of aromatic nitrogens is 1. The molecule has 0 bridgehead atoms. The topological polar surface area (TPSA) is 80.3 Å². The van der Waals surface area contributed by atoms with Crippen molar-refractivity contribution >= 4 is 29.1 Å². The van der Waals surface area contributed by atoms with Crippen LogP contribution in [0, 0.1) is 5.82 Å². The fourth-order valence-electron chi connectivity index (χ4n) is 1.85. The Morgan fingerprint density at radius 1 is 1.29 bits per heavy atom. The Balaban J connectivity index is 1.96. The number of hydrogen-bond acceptors (Lipinski definition) is 4. The highest BCUT2D eigenvalue weighted by Crippen LogP contribution is 2.18. The lowest BCUT2D eigenvalue weighted by Gasteiger charge is -2.10. The summed E-state index contributed by atoms with van der Waals surface area (Å²) >= 11 is 5.62. The predicted octanol–water partition coefficient (Wildman–Crippen LogP) is 2.53. The van der Waals surface area contributed by atoms with Crippen LogP contribution in [0.5, 0.6) is 5.88 Å². The zero-order chi connectivity index (χ0) is 17.5. The Labute approximate surface area is 143 Å². The molecule has 0 atom stereocenters. The SMILES string of the molecule is CCOc1ncccc1CNC(=O)C(=O)Nc1ccc(Cl)cc1F. The molecule has 2 amide bonds. The van der Waals surface area contributed by atoms with Gasteiger partial charge in [0.1, 0.15) is 5.82 Å². The van der Waals surface area contributed by atoms with Crippen LogP contribution in [0.3, 0.4) is 0 Å². The van der Waals surface area contributed by atoms with Crippen molar-refractivity contribution in [3.05, 3.63) is 52.9 Å². The molecule has 8 heteroatoms. The maximum absolute atomic E-state index is 13.6. The van der Waals surface area contributed by atoms with Gasteiger partial charge in [-0.2, -0.15) is 0 Å². The van der Waals surface area contributed by atoms with Crippen molar-refractivity contribution in [1.29, 1.82) is 0 Å². The van der Waals surface area contributed by atoms with E-state index >= 15 is 0 Å². The Morgan fingerprint density at radius 3 is 2.79 bits per heavy atom. The molecule has 0 unspecified atom stereocenters. The van der Waals surface area contributed by atoms with Gasteiger partial charge < -0.3 is 15.4 Å². The molecule has 1 aromatic heterocycles. The number of pyridine rings is 1. The van der Waals surface area contributed by atoms with E-state index in [2.05, 4.69) is 15.6 Å². The highest BCUT2D eigenvalue weighted by atomic mass is 35.5. The van der Waals surface area contributed by atoms with E-state index in [1.54, 1.807) is 18.3 Å². The summed E-state index contributed by atoms with van der Waals surface area (Å²) in [4.78, 5) is 27.7. The largest absolute Gasteiger partial charge is 0.478 e. The van der Waals surface area contributed by atoms with Crippen LogP contribution in [0.1, 0.15) is 12.5 Å². The predicted molar refractivity (Wildman–Crippen MR) is 87.3 cm³/mol. The second-order valence-corrected chi connectivity index (χ2v) is 5.10. The van der Waals surface area contributed by atoms with Crippen molar-refractivity contribution in [1.82, 2.24) is 10.3 Å². The third kappa shape index (κ3) is 4.66. The molecule has 24 heavy (non-hydrogen) atoms. The molecule has 0 saturated heterocycles. The van der Waals surface area contributed by atoms with Gasteiger partial charge in [-0.3, -0.25) is 9.59 Å². The van der Waals surface area contributed by atoms with E-state index in [0.717, 1.165) is 6.07 Å². The van der Waals surface area contributed by atoms with Crippen LogP contribution in [-0.2, 0) is 16.1 Å². The minimum absolute atomic E-state index is 0.0541. The number of ether oxygens (including phenoxy) is 1. The molecule has 6 nitrogen and oxygen atoms in total. The van der Waals surface area contributed by atoms with Gasteiger partial charge in [-0.1, -0.05) is 17.7 Å². The number of amides is 2. The van der Waals surface area contributed by atoms with E-state index < -0.39 is 17.6 Å². The maximum atomic E-state index is 13.6. The lowest BCUT2D eigenvalue weighted by molar-refractivity contribution is -0.136. The number of rotatable bonds is 5. The number of carbonyl (C=O) groups excluding carboxylic acids is 2. The van der Waals surface area contributed by atoms with Gasteiger partial charge in [0, 0.05) is 23.3 Å². The second kappa shape index (κ2) is 8.26. The molecule has 2 aromatic rings. The molecule has 0 fully saturated rings. The Kier molecular flexibility index (Phi) is 6.08. The van der Waals surface area contributed by atoms with Crippen LogP contribution in [0.4, 0.5) is 10.1 Å². The first-order valence-corrected chi connectivity index (χ1v) is 7.50. The van der Waals surface area contributed by atoms with Gasteiger partial charge in [-0.15, -0.1) is 0 Å². The summed E-state index contributed by atoms with van der Waals surface area (Å²) < 4.78 is 18.9. The normalized spacial score (nSPS) is 10.1. The van der Waals surface area contributed by atoms with Crippen LogP contribution in [0.15, 0.2) is 36.5 Å². The summed E-state index contributed by atoms with van der Waals surface area (Å²) in [6.07, 6.45) is 1.56. The Bertz CT molecular complexity index is 755. The summed E-state index contributed by atoms with van der Waals surface area (Å²) in [5.41, 5.74) is 0.495. The minimum Gasteiger partial charge on any atom is -0.478 e. The number of anilines is 1. The Hall–Kier alpha value is -2.67. The van der Waals surface area contributed by atoms with Gasteiger partial charge in [0.2, 0.25) is 5.88 Å². The molecule has 0 saturated carbocycles. The number of nitrogens with zero attached hydrogens (tertiary/aromatic N) is 1. The number of carbonyl (C=O) groups is 2. The Morgan fingerprint density at radius 2 is 2.08 bits per heavy atom. The minimum atomic E-state index is -0.988. The van der Waals surface area contributed by atoms with Crippen LogP contribution in [-0.4, -0.2) is 23.4 Å². The molecule has 0 aliphatic carbocycles. The van der Waals surface area contributed by atoms with Crippen LogP contribution < -0.4 is 15.4 Å². The number of nitrogens with one attached hydrogen (secondary N) is 2. The van der Waals surface area contributed by atoms with Crippen molar-refractivity contribution in [2.45, 2.75) is 13.5 Å². The molecular weight excluding hydrogens is 337 g/mol. The van der Waals surface area contributed by atoms with Crippen LogP contribution in [0.2, 0.25) is 5.02 Å². The van der Waals surface area contributed by atoms with Gasteiger partial charge in [-0.25, -0.2) is 9.37 Å². The van der Waals surface area contributed by atoms with E-state index in [-0.39, 0.29) is 17.3 Å². The first kappa shape index (κ1) is 17.7. The maximum Gasteiger partial charge on any atom is 0.313 e. The molecule has 2 N–H and O–H groups in total. The highest BCUT2D eigenvalue weighted by molar-refractivity contribution is 6.39. The quantitative estimate of drug-likeness (QED) is 0.811. The summed E-state index contributed by atoms with van der Waals surface area (Å²) in [6.45, 7) is 2.29. The van der Waals surface area contributed by atoms with Crippen molar-refractivity contribution in [2.75, 3.05) is 11.9 Å². The van der Waals surface area contributed by atoms with E-state index in [4.69, 9.17) is 16.3 Å². The fourth-order valence-corrected chi connectivity index (χ4v) is 2.01. The van der Waals surface area contributed by atoms with Gasteiger partial charge in [0.05, 0.1) is 12.3 Å². The van der Waals surface area contributed by atoms with Crippen LogP contribution in [0.25, 0.3) is 0 Å². The van der Waals surface area contributed by atoms with Crippen LogP contribution >= 0.6 is 11.6 Å². The molecule has 2 rings (SSSR count). The zero-order valence-electron chi connectivity index (χ0n) is 12.8.